The number of hydrogen-bond acceptors (Lipinski definition) is 2. The van der Waals surface area contributed by atoms with Crippen molar-refractivity contribution in [3.63, 3.8) is 0 Å². The van der Waals surface area contributed by atoms with Crippen LogP contribution in [0.5, 0.6) is 0 Å². The Bertz CT molecular complexity index is 245. The second kappa shape index (κ2) is 4.69. The number of amides is 1. The molecule has 0 saturated carbocycles. The lowest BCUT2D eigenvalue weighted by Crippen LogP contribution is -2.52. The van der Waals surface area contributed by atoms with Crippen molar-refractivity contribution < 1.29 is 22.7 Å². The minimum atomic E-state index is -4.41. The second-order valence-corrected chi connectivity index (χ2v) is 4.67. The third-order valence-corrected chi connectivity index (χ3v) is 2.48. The Morgan fingerprint density at radius 2 is 2.20 bits per heavy atom. The van der Waals surface area contributed by atoms with Crippen LogP contribution in [0.25, 0.3) is 0 Å². The maximum atomic E-state index is 12.3. The van der Waals surface area contributed by atoms with Gasteiger partial charge in [0.2, 0.25) is 5.91 Å². The van der Waals surface area contributed by atoms with E-state index in [0.29, 0.717) is 0 Å². The van der Waals surface area contributed by atoms with E-state index >= 15 is 0 Å². The number of morpholine rings is 1. The highest BCUT2D eigenvalue weighted by molar-refractivity contribution is 9.10. The Kier molecular flexibility index (Phi) is 3.99. The van der Waals surface area contributed by atoms with E-state index in [9.17, 15) is 18.0 Å². The monoisotopic (exact) mass is 289 g/mol. The van der Waals surface area contributed by atoms with Crippen LogP contribution < -0.4 is 0 Å². The summed E-state index contributed by atoms with van der Waals surface area (Å²) in [7, 11) is 0. The molecule has 0 bridgehead atoms. The second-order valence-electron chi connectivity index (χ2n) is 3.30. The number of hydrogen-bond donors (Lipinski definition) is 0. The highest BCUT2D eigenvalue weighted by Gasteiger charge is 2.44. The fraction of sp³-hybridized carbons (Fsp3) is 0.875. The molecule has 2 atom stereocenters. The minimum absolute atomic E-state index is 0.0738. The lowest BCUT2D eigenvalue weighted by Gasteiger charge is -2.34. The normalized spacial score (nSPS) is 25.1. The van der Waals surface area contributed by atoms with Gasteiger partial charge in [-0.15, -0.1) is 0 Å². The fourth-order valence-electron chi connectivity index (χ4n) is 1.30. The molecule has 0 N–H and O–H groups in total. The standard InChI is InChI=1S/C8H11BrF3NO2/c1-5(9)7(14)13-2-3-15-6(4-13)8(10,11)12/h5-6H,2-4H2,1H3. The molecule has 1 heterocycles. The molecular weight excluding hydrogens is 279 g/mol. The van der Waals surface area contributed by atoms with Gasteiger partial charge in [0.05, 0.1) is 18.0 Å². The van der Waals surface area contributed by atoms with Crippen LogP contribution in [0.3, 0.4) is 0 Å². The summed E-state index contributed by atoms with van der Waals surface area (Å²) in [5.41, 5.74) is 0. The van der Waals surface area contributed by atoms with Crippen molar-refractivity contribution in [2.24, 2.45) is 0 Å². The first-order valence-electron chi connectivity index (χ1n) is 4.43. The molecule has 0 aromatic rings. The summed E-state index contributed by atoms with van der Waals surface area (Å²) >= 11 is 3.03. The van der Waals surface area contributed by atoms with E-state index in [4.69, 9.17) is 0 Å². The number of rotatable bonds is 1. The van der Waals surface area contributed by atoms with Crippen LogP contribution in [0.15, 0.2) is 0 Å². The molecule has 1 rings (SSSR count). The van der Waals surface area contributed by atoms with Gasteiger partial charge >= 0.3 is 6.18 Å². The Balaban J connectivity index is 2.60. The predicted molar refractivity (Wildman–Crippen MR) is 50.8 cm³/mol. The van der Waals surface area contributed by atoms with Crippen molar-refractivity contribution in [3.05, 3.63) is 0 Å². The van der Waals surface area contributed by atoms with Gasteiger partial charge in [-0.3, -0.25) is 4.79 Å². The zero-order valence-electron chi connectivity index (χ0n) is 8.05. The zero-order chi connectivity index (χ0) is 11.6. The smallest absolute Gasteiger partial charge is 0.365 e. The SMILES string of the molecule is CC(Br)C(=O)N1CCOC(C(F)(F)F)C1. The van der Waals surface area contributed by atoms with E-state index in [2.05, 4.69) is 20.7 Å². The molecule has 7 heteroatoms. The Morgan fingerprint density at radius 1 is 1.60 bits per heavy atom. The molecule has 1 saturated heterocycles. The first kappa shape index (κ1) is 12.8. The van der Waals surface area contributed by atoms with E-state index in [1.807, 2.05) is 0 Å². The molecule has 88 valence electrons. The number of alkyl halides is 4. The Labute approximate surface area is 93.7 Å². The summed E-state index contributed by atoms with van der Waals surface area (Å²) < 4.78 is 41.5. The summed E-state index contributed by atoms with van der Waals surface area (Å²) in [5, 5.41) is 0. The average Bonchev–Trinajstić information content (AvgIpc) is 2.15. The third-order valence-electron chi connectivity index (χ3n) is 2.08. The van der Waals surface area contributed by atoms with Gasteiger partial charge in [0.25, 0.3) is 0 Å². The Hall–Kier alpha value is -0.300. The van der Waals surface area contributed by atoms with E-state index in [-0.39, 0.29) is 19.1 Å². The van der Waals surface area contributed by atoms with Gasteiger partial charge in [-0.05, 0) is 6.92 Å². The molecule has 0 aromatic carbocycles. The fourth-order valence-corrected chi connectivity index (χ4v) is 1.59. The first-order valence-corrected chi connectivity index (χ1v) is 5.35. The van der Waals surface area contributed by atoms with Crippen LogP contribution in [0.2, 0.25) is 0 Å². The van der Waals surface area contributed by atoms with Crippen LogP contribution in [-0.4, -0.2) is 47.6 Å². The van der Waals surface area contributed by atoms with Crippen LogP contribution in [0.4, 0.5) is 13.2 Å². The molecule has 1 aliphatic heterocycles. The number of nitrogens with zero attached hydrogens (tertiary/aromatic N) is 1. The summed E-state index contributed by atoms with van der Waals surface area (Å²) in [6, 6.07) is 0. The molecule has 3 nitrogen and oxygen atoms in total. The Morgan fingerprint density at radius 3 is 2.67 bits per heavy atom. The van der Waals surface area contributed by atoms with Gasteiger partial charge in [0, 0.05) is 6.54 Å². The van der Waals surface area contributed by atoms with E-state index in [1.54, 1.807) is 6.92 Å². The minimum Gasteiger partial charge on any atom is -0.365 e. The summed E-state index contributed by atoms with van der Waals surface area (Å²) in [4.78, 5) is 12.1. The largest absolute Gasteiger partial charge is 0.416 e. The third kappa shape index (κ3) is 3.34. The van der Waals surface area contributed by atoms with Crippen molar-refractivity contribution in [2.45, 2.75) is 24.0 Å². The van der Waals surface area contributed by atoms with Gasteiger partial charge in [0.1, 0.15) is 0 Å². The summed E-state index contributed by atoms with van der Waals surface area (Å²) in [6.07, 6.45) is -6.27. The molecule has 2 unspecified atom stereocenters. The molecular formula is C8H11BrF3NO2. The van der Waals surface area contributed by atoms with Crippen LogP contribution in [0.1, 0.15) is 6.92 Å². The molecule has 0 spiro atoms. The van der Waals surface area contributed by atoms with E-state index in [1.165, 1.54) is 4.90 Å². The summed E-state index contributed by atoms with van der Waals surface area (Å²) in [5.74, 6) is -0.340. The highest BCUT2D eigenvalue weighted by Crippen LogP contribution is 2.26. The lowest BCUT2D eigenvalue weighted by molar-refractivity contribution is -0.236. The highest BCUT2D eigenvalue weighted by atomic mass is 79.9. The number of carbonyl (C=O) groups is 1. The van der Waals surface area contributed by atoms with Crippen LogP contribution in [-0.2, 0) is 9.53 Å². The van der Waals surface area contributed by atoms with Crippen LogP contribution >= 0.6 is 15.9 Å². The van der Waals surface area contributed by atoms with Gasteiger partial charge < -0.3 is 9.64 Å². The van der Waals surface area contributed by atoms with Crippen molar-refractivity contribution in [1.82, 2.24) is 4.90 Å². The maximum absolute atomic E-state index is 12.3. The maximum Gasteiger partial charge on any atom is 0.416 e. The van der Waals surface area contributed by atoms with Gasteiger partial charge in [-0.25, -0.2) is 0 Å². The number of halogens is 4. The van der Waals surface area contributed by atoms with Crippen molar-refractivity contribution in [3.8, 4) is 0 Å². The van der Waals surface area contributed by atoms with Gasteiger partial charge in [-0.2, -0.15) is 13.2 Å². The molecule has 0 radical (unpaired) electrons. The average molecular weight is 290 g/mol. The molecule has 1 aliphatic rings. The van der Waals surface area contributed by atoms with Crippen molar-refractivity contribution in [1.29, 1.82) is 0 Å². The topological polar surface area (TPSA) is 29.5 Å². The molecule has 0 aromatic heterocycles. The van der Waals surface area contributed by atoms with Gasteiger partial charge in [0.15, 0.2) is 6.10 Å². The molecule has 1 amide bonds. The van der Waals surface area contributed by atoms with Crippen molar-refractivity contribution in [2.75, 3.05) is 19.7 Å². The predicted octanol–water partition coefficient (Wildman–Crippen LogP) is 1.56. The number of ether oxygens (including phenoxy) is 1. The van der Waals surface area contributed by atoms with E-state index < -0.39 is 23.7 Å². The quantitative estimate of drug-likeness (QED) is 0.686. The van der Waals surface area contributed by atoms with Crippen molar-refractivity contribution >= 4 is 21.8 Å². The van der Waals surface area contributed by atoms with Crippen LogP contribution in [0, 0.1) is 0 Å². The summed E-state index contributed by atoms with van der Waals surface area (Å²) in [6.45, 7) is 1.30. The first-order chi connectivity index (χ1) is 6.82. The zero-order valence-corrected chi connectivity index (χ0v) is 9.64. The molecule has 15 heavy (non-hydrogen) atoms. The van der Waals surface area contributed by atoms with Gasteiger partial charge in [-0.1, -0.05) is 15.9 Å². The lowest BCUT2D eigenvalue weighted by atomic mass is 10.2. The van der Waals surface area contributed by atoms with E-state index in [0.717, 1.165) is 0 Å². The molecule has 0 aliphatic carbocycles. The number of carbonyl (C=O) groups excluding carboxylic acids is 1. The molecule has 1 fully saturated rings.